The minimum atomic E-state index is 0.0524. The van der Waals surface area contributed by atoms with Crippen LogP contribution in [0.2, 0.25) is 0 Å². The van der Waals surface area contributed by atoms with Gasteiger partial charge in [0.2, 0.25) is 5.91 Å². The zero-order chi connectivity index (χ0) is 24.2. The molecule has 2 saturated heterocycles. The van der Waals surface area contributed by atoms with Gasteiger partial charge in [0.05, 0.1) is 12.8 Å². The summed E-state index contributed by atoms with van der Waals surface area (Å²) in [6, 6.07) is 15.5. The lowest BCUT2D eigenvalue weighted by molar-refractivity contribution is -0.119. The van der Waals surface area contributed by atoms with Crippen LogP contribution in [0.5, 0.6) is 5.75 Å². The Morgan fingerprint density at radius 3 is 2.40 bits per heavy atom. The molecular formula is C27H30N4O3S. The maximum absolute atomic E-state index is 13.0. The highest BCUT2D eigenvalue weighted by molar-refractivity contribution is 7.13. The van der Waals surface area contributed by atoms with Crippen molar-refractivity contribution in [2.45, 2.75) is 25.8 Å². The summed E-state index contributed by atoms with van der Waals surface area (Å²) in [5, 5.41) is 3.12. The Kier molecular flexibility index (Phi) is 7.11. The molecule has 0 saturated carbocycles. The fourth-order valence-corrected chi connectivity index (χ4v) is 5.45. The van der Waals surface area contributed by atoms with E-state index in [1.54, 1.807) is 18.4 Å². The van der Waals surface area contributed by atoms with E-state index in [4.69, 9.17) is 9.72 Å². The first kappa shape index (κ1) is 23.5. The third kappa shape index (κ3) is 5.39. The fourth-order valence-electron chi connectivity index (χ4n) is 4.63. The Labute approximate surface area is 209 Å². The standard InChI is InChI=1S/C27H30N4O3S/c1-34-24-11-7-20(8-12-24)26-28-22(19-35-26)18-29-14-16-30(17-15-29)27(33)21-5-9-23(10-6-21)31-13-3-2-4-25(31)32/h5-12,19H,2-4,13-18H2,1H3. The molecule has 8 heteroatoms. The van der Waals surface area contributed by atoms with E-state index in [2.05, 4.69) is 10.3 Å². The molecule has 2 aromatic carbocycles. The molecule has 3 heterocycles. The molecule has 1 aromatic heterocycles. The largest absolute Gasteiger partial charge is 0.497 e. The van der Waals surface area contributed by atoms with Crippen LogP contribution >= 0.6 is 11.3 Å². The molecular weight excluding hydrogens is 460 g/mol. The van der Waals surface area contributed by atoms with Crippen molar-refractivity contribution in [3.63, 3.8) is 0 Å². The number of rotatable bonds is 6. The second-order valence-electron chi connectivity index (χ2n) is 8.99. The molecule has 35 heavy (non-hydrogen) atoms. The number of hydrogen-bond donors (Lipinski definition) is 0. The van der Waals surface area contributed by atoms with Gasteiger partial charge in [-0.05, 0) is 61.4 Å². The van der Waals surface area contributed by atoms with Crippen LogP contribution in [-0.4, -0.2) is 66.4 Å². The molecule has 0 unspecified atom stereocenters. The average molecular weight is 491 g/mol. The van der Waals surface area contributed by atoms with Crippen LogP contribution in [0.15, 0.2) is 53.9 Å². The molecule has 5 rings (SSSR count). The smallest absolute Gasteiger partial charge is 0.253 e. The number of benzene rings is 2. The predicted octanol–water partition coefficient (Wildman–Crippen LogP) is 4.29. The minimum Gasteiger partial charge on any atom is -0.497 e. The predicted molar refractivity (Wildman–Crippen MR) is 138 cm³/mol. The van der Waals surface area contributed by atoms with E-state index in [0.717, 1.165) is 66.7 Å². The van der Waals surface area contributed by atoms with E-state index in [0.29, 0.717) is 25.1 Å². The van der Waals surface area contributed by atoms with Gasteiger partial charge in [-0.1, -0.05) is 0 Å². The molecule has 2 fully saturated rings. The van der Waals surface area contributed by atoms with Gasteiger partial charge in [-0.25, -0.2) is 4.98 Å². The first-order chi connectivity index (χ1) is 17.1. The number of carbonyl (C=O) groups excluding carboxylic acids is 2. The first-order valence-corrected chi connectivity index (χ1v) is 13.0. The molecule has 2 aliphatic rings. The number of nitrogens with zero attached hydrogens (tertiary/aromatic N) is 4. The van der Waals surface area contributed by atoms with Gasteiger partial charge in [0, 0.05) is 67.9 Å². The SMILES string of the molecule is COc1ccc(-c2nc(CN3CCN(C(=O)c4ccc(N5CCCCC5=O)cc4)CC3)cs2)cc1. The van der Waals surface area contributed by atoms with Crippen LogP contribution < -0.4 is 9.64 Å². The molecule has 2 aliphatic heterocycles. The van der Waals surface area contributed by atoms with Crippen molar-refractivity contribution < 1.29 is 14.3 Å². The lowest BCUT2D eigenvalue weighted by Crippen LogP contribution is -2.48. The van der Waals surface area contributed by atoms with Gasteiger partial charge >= 0.3 is 0 Å². The number of anilines is 1. The lowest BCUT2D eigenvalue weighted by atomic mass is 10.1. The van der Waals surface area contributed by atoms with Crippen LogP contribution in [0.4, 0.5) is 5.69 Å². The topological polar surface area (TPSA) is 66.0 Å². The highest BCUT2D eigenvalue weighted by Gasteiger charge is 2.24. The summed E-state index contributed by atoms with van der Waals surface area (Å²) in [6.45, 7) is 4.58. The van der Waals surface area contributed by atoms with Crippen LogP contribution in [0.1, 0.15) is 35.3 Å². The molecule has 0 aliphatic carbocycles. The van der Waals surface area contributed by atoms with Crippen LogP contribution in [-0.2, 0) is 11.3 Å². The monoisotopic (exact) mass is 490 g/mol. The maximum atomic E-state index is 13.0. The van der Waals surface area contributed by atoms with Crippen molar-refractivity contribution in [3.05, 3.63) is 65.2 Å². The van der Waals surface area contributed by atoms with Crippen molar-refractivity contribution >= 4 is 28.8 Å². The number of piperazine rings is 1. The van der Waals surface area contributed by atoms with Gasteiger partial charge in [-0.3, -0.25) is 14.5 Å². The Balaban J connectivity index is 1.14. The molecule has 2 amide bonds. The van der Waals surface area contributed by atoms with Crippen molar-refractivity contribution in [1.29, 1.82) is 0 Å². The summed E-state index contributed by atoms with van der Waals surface area (Å²) in [5.41, 5.74) is 3.71. The minimum absolute atomic E-state index is 0.0524. The van der Waals surface area contributed by atoms with Crippen molar-refractivity contribution in [2.24, 2.45) is 0 Å². The van der Waals surface area contributed by atoms with Gasteiger partial charge in [0.15, 0.2) is 0 Å². The van der Waals surface area contributed by atoms with E-state index in [1.165, 1.54) is 0 Å². The highest BCUT2D eigenvalue weighted by Crippen LogP contribution is 2.26. The Bertz CT molecular complexity index is 1170. The fraction of sp³-hybridized carbons (Fsp3) is 0.370. The Morgan fingerprint density at radius 2 is 1.71 bits per heavy atom. The number of aromatic nitrogens is 1. The average Bonchev–Trinajstić information content (AvgIpc) is 3.38. The number of methoxy groups -OCH3 is 1. The Morgan fingerprint density at radius 1 is 0.971 bits per heavy atom. The van der Waals surface area contributed by atoms with Crippen LogP contribution in [0, 0.1) is 0 Å². The highest BCUT2D eigenvalue weighted by atomic mass is 32.1. The van der Waals surface area contributed by atoms with E-state index in [1.807, 2.05) is 58.3 Å². The van der Waals surface area contributed by atoms with Crippen molar-refractivity contribution in [2.75, 3.05) is 44.7 Å². The van der Waals surface area contributed by atoms with Gasteiger partial charge in [-0.2, -0.15) is 0 Å². The van der Waals surface area contributed by atoms with Gasteiger partial charge in [0.1, 0.15) is 10.8 Å². The molecule has 3 aromatic rings. The zero-order valence-corrected chi connectivity index (χ0v) is 20.8. The zero-order valence-electron chi connectivity index (χ0n) is 20.0. The van der Waals surface area contributed by atoms with E-state index in [-0.39, 0.29) is 11.8 Å². The van der Waals surface area contributed by atoms with Gasteiger partial charge < -0.3 is 14.5 Å². The number of amides is 2. The third-order valence-corrected chi connectivity index (χ3v) is 7.62. The molecule has 0 bridgehead atoms. The van der Waals surface area contributed by atoms with E-state index in [9.17, 15) is 9.59 Å². The molecule has 0 radical (unpaired) electrons. The Hall–Kier alpha value is -3.23. The summed E-state index contributed by atoms with van der Waals surface area (Å²) >= 11 is 1.65. The van der Waals surface area contributed by atoms with Crippen molar-refractivity contribution in [3.8, 4) is 16.3 Å². The van der Waals surface area contributed by atoms with E-state index >= 15 is 0 Å². The van der Waals surface area contributed by atoms with Crippen LogP contribution in [0.25, 0.3) is 10.6 Å². The summed E-state index contributed by atoms with van der Waals surface area (Å²) in [4.78, 5) is 36.1. The maximum Gasteiger partial charge on any atom is 0.253 e. The first-order valence-electron chi connectivity index (χ1n) is 12.1. The van der Waals surface area contributed by atoms with Gasteiger partial charge in [-0.15, -0.1) is 11.3 Å². The second kappa shape index (κ2) is 10.6. The number of ether oxygens (including phenoxy) is 1. The summed E-state index contributed by atoms with van der Waals surface area (Å²) in [6.07, 6.45) is 2.60. The van der Waals surface area contributed by atoms with Gasteiger partial charge in [0.25, 0.3) is 5.91 Å². The van der Waals surface area contributed by atoms with E-state index < -0.39 is 0 Å². The number of thiazole rings is 1. The summed E-state index contributed by atoms with van der Waals surface area (Å²) in [5.74, 6) is 1.06. The number of carbonyl (C=O) groups is 2. The molecule has 0 spiro atoms. The molecule has 0 N–H and O–H groups in total. The normalized spacial score (nSPS) is 17.0. The molecule has 7 nitrogen and oxygen atoms in total. The van der Waals surface area contributed by atoms with Crippen molar-refractivity contribution in [1.82, 2.24) is 14.8 Å². The third-order valence-electron chi connectivity index (χ3n) is 6.68. The second-order valence-corrected chi connectivity index (χ2v) is 9.85. The van der Waals surface area contributed by atoms with Crippen LogP contribution in [0.3, 0.4) is 0 Å². The quantitative estimate of drug-likeness (QED) is 0.516. The molecule has 0 atom stereocenters. The summed E-state index contributed by atoms with van der Waals surface area (Å²) < 4.78 is 5.23. The number of piperidine rings is 1. The summed E-state index contributed by atoms with van der Waals surface area (Å²) in [7, 11) is 1.67. The lowest BCUT2D eigenvalue weighted by Gasteiger charge is -2.34. The molecule has 182 valence electrons. The number of hydrogen-bond acceptors (Lipinski definition) is 6.